The minimum absolute atomic E-state index is 0.0711. The molecule has 0 aromatic heterocycles. The zero-order valence-corrected chi connectivity index (χ0v) is 15.6. The molecule has 0 radical (unpaired) electrons. The van der Waals surface area contributed by atoms with E-state index in [1.807, 2.05) is 12.1 Å². The van der Waals surface area contributed by atoms with Crippen molar-refractivity contribution in [3.8, 4) is 0 Å². The van der Waals surface area contributed by atoms with Crippen molar-refractivity contribution in [1.82, 2.24) is 15.2 Å². The molecule has 1 atom stereocenters. The van der Waals surface area contributed by atoms with E-state index >= 15 is 0 Å². The molecule has 7 heteroatoms. The van der Waals surface area contributed by atoms with Gasteiger partial charge in [-0.2, -0.15) is 5.10 Å². The maximum atomic E-state index is 5.97. The Balaban J connectivity index is 1.46. The molecular formula is C17H24ClN5S. The molecular weight excluding hydrogens is 342 g/mol. The van der Waals surface area contributed by atoms with E-state index in [0.717, 1.165) is 56.5 Å². The first-order chi connectivity index (χ1) is 11.7. The van der Waals surface area contributed by atoms with Crippen LogP contribution in [-0.4, -0.2) is 66.4 Å². The number of amidine groups is 1. The molecule has 2 heterocycles. The van der Waals surface area contributed by atoms with Gasteiger partial charge in [0.15, 0.2) is 0 Å². The molecule has 0 amide bonds. The van der Waals surface area contributed by atoms with Crippen LogP contribution in [0.1, 0.15) is 13.3 Å². The quantitative estimate of drug-likeness (QED) is 0.783. The Morgan fingerprint density at radius 1 is 1.25 bits per heavy atom. The first-order valence-electron chi connectivity index (χ1n) is 8.48. The third-order valence-corrected chi connectivity index (χ3v) is 5.19. The zero-order chi connectivity index (χ0) is 16.9. The summed E-state index contributed by atoms with van der Waals surface area (Å²) < 4.78 is 0. The molecule has 1 N–H and O–H groups in total. The molecule has 130 valence electrons. The lowest BCUT2D eigenvalue weighted by atomic mass is 10.2. The lowest BCUT2D eigenvalue weighted by Gasteiger charge is -2.36. The highest BCUT2D eigenvalue weighted by atomic mass is 35.5. The summed E-state index contributed by atoms with van der Waals surface area (Å²) in [7, 11) is 0. The number of halogens is 1. The van der Waals surface area contributed by atoms with Crippen LogP contribution in [0.3, 0.4) is 0 Å². The number of rotatable bonds is 6. The molecule has 2 aliphatic heterocycles. The van der Waals surface area contributed by atoms with Gasteiger partial charge >= 0.3 is 0 Å². The average molecular weight is 366 g/mol. The molecule has 0 spiro atoms. The SMILES string of the molecule is CCN1C(CCN2CCN(c3ccc(Cl)cc3)CC2)=NNC1C=S. The van der Waals surface area contributed by atoms with Crippen LogP contribution in [0.15, 0.2) is 29.4 Å². The van der Waals surface area contributed by atoms with Gasteiger partial charge in [-0.05, 0) is 31.2 Å². The predicted molar refractivity (Wildman–Crippen MR) is 105 cm³/mol. The van der Waals surface area contributed by atoms with Gasteiger partial charge in [0.25, 0.3) is 0 Å². The molecule has 1 saturated heterocycles. The minimum Gasteiger partial charge on any atom is -0.369 e. The summed E-state index contributed by atoms with van der Waals surface area (Å²) in [4.78, 5) is 7.16. The third kappa shape index (κ3) is 3.99. The fourth-order valence-electron chi connectivity index (χ4n) is 3.26. The topological polar surface area (TPSA) is 34.1 Å². The Kier molecular flexibility index (Phi) is 5.92. The van der Waals surface area contributed by atoms with Gasteiger partial charge in [-0.15, -0.1) is 0 Å². The van der Waals surface area contributed by atoms with Crippen LogP contribution in [-0.2, 0) is 0 Å². The second-order valence-electron chi connectivity index (χ2n) is 6.08. The third-order valence-electron chi connectivity index (χ3n) is 4.68. The number of nitrogens with zero attached hydrogens (tertiary/aromatic N) is 4. The van der Waals surface area contributed by atoms with Crippen LogP contribution < -0.4 is 10.3 Å². The van der Waals surface area contributed by atoms with E-state index in [1.165, 1.54) is 5.69 Å². The van der Waals surface area contributed by atoms with Gasteiger partial charge in [-0.25, -0.2) is 0 Å². The van der Waals surface area contributed by atoms with E-state index in [0.29, 0.717) is 0 Å². The molecule has 1 aromatic carbocycles. The smallest absolute Gasteiger partial charge is 0.145 e. The molecule has 24 heavy (non-hydrogen) atoms. The van der Waals surface area contributed by atoms with Crippen LogP contribution in [0, 0.1) is 0 Å². The van der Waals surface area contributed by atoms with Gasteiger partial charge in [0, 0.05) is 61.8 Å². The van der Waals surface area contributed by atoms with Crippen molar-refractivity contribution in [3.05, 3.63) is 29.3 Å². The van der Waals surface area contributed by atoms with Crippen LogP contribution in [0.4, 0.5) is 5.69 Å². The summed E-state index contributed by atoms with van der Waals surface area (Å²) in [6.45, 7) is 8.35. The summed E-state index contributed by atoms with van der Waals surface area (Å²) in [5.41, 5.74) is 4.35. The second-order valence-corrected chi connectivity index (χ2v) is 6.79. The summed E-state index contributed by atoms with van der Waals surface area (Å²) in [5, 5.41) is 6.97. The lowest BCUT2D eigenvalue weighted by molar-refractivity contribution is 0.261. The molecule has 0 bridgehead atoms. The normalized spacial score (nSPS) is 21.6. The standard InChI is InChI=1S/C17H24ClN5S/c1-2-23-16(19-20-17(23)13-24)7-8-21-9-11-22(12-10-21)15-5-3-14(18)4-6-15/h3-6,13,17,20H,2,7-12H2,1H3. The van der Waals surface area contributed by atoms with Crippen molar-refractivity contribution in [3.63, 3.8) is 0 Å². The van der Waals surface area contributed by atoms with Crippen molar-refractivity contribution in [2.24, 2.45) is 5.10 Å². The monoisotopic (exact) mass is 365 g/mol. The summed E-state index contributed by atoms with van der Waals surface area (Å²) >= 11 is 11.0. The summed E-state index contributed by atoms with van der Waals surface area (Å²) in [6.07, 6.45) is 1.03. The Labute approximate surface area is 154 Å². The zero-order valence-electron chi connectivity index (χ0n) is 14.0. The molecule has 0 aliphatic carbocycles. The molecule has 1 fully saturated rings. The van der Waals surface area contributed by atoms with E-state index in [9.17, 15) is 0 Å². The number of thiocarbonyl (C=S) groups is 1. The number of piperazine rings is 1. The van der Waals surface area contributed by atoms with Crippen molar-refractivity contribution in [2.75, 3.05) is 44.2 Å². The van der Waals surface area contributed by atoms with Crippen LogP contribution in [0.2, 0.25) is 5.02 Å². The Morgan fingerprint density at radius 3 is 2.58 bits per heavy atom. The van der Waals surface area contributed by atoms with Gasteiger partial charge in [-0.3, -0.25) is 10.3 Å². The summed E-state index contributed by atoms with van der Waals surface area (Å²) in [5.74, 6) is 1.11. The highest BCUT2D eigenvalue weighted by Crippen LogP contribution is 2.19. The van der Waals surface area contributed by atoms with E-state index < -0.39 is 0 Å². The van der Waals surface area contributed by atoms with Gasteiger partial charge in [0.05, 0.1) is 0 Å². The van der Waals surface area contributed by atoms with E-state index in [2.05, 4.69) is 44.3 Å². The largest absolute Gasteiger partial charge is 0.369 e. The number of hydrazone groups is 1. The van der Waals surface area contributed by atoms with Gasteiger partial charge in [0.2, 0.25) is 0 Å². The first kappa shape index (κ1) is 17.5. The van der Waals surface area contributed by atoms with E-state index in [1.54, 1.807) is 5.37 Å². The van der Waals surface area contributed by atoms with Crippen molar-refractivity contribution < 1.29 is 0 Å². The number of nitrogens with one attached hydrogen (secondary N) is 1. The molecule has 2 aliphatic rings. The maximum Gasteiger partial charge on any atom is 0.145 e. The van der Waals surface area contributed by atoms with Gasteiger partial charge < -0.3 is 9.80 Å². The Bertz CT molecular complexity index is 583. The minimum atomic E-state index is 0.0711. The molecule has 0 saturated carbocycles. The fraction of sp³-hybridized carbons (Fsp3) is 0.529. The molecule has 1 unspecified atom stereocenters. The Hall–Kier alpha value is -1.37. The maximum absolute atomic E-state index is 5.97. The van der Waals surface area contributed by atoms with E-state index in [4.69, 9.17) is 23.8 Å². The average Bonchev–Trinajstić information content (AvgIpc) is 3.03. The molecule has 3 rings (SSSR count). The number of hydrogen-bond acceptors (Lipinski definition) is 6. The Morgan fingerprint density at radius 2 is 1.96 bits per heavy atom. The van der Waals surface area contributed by atoms with Crippen molar-refractivity contribution in [2.45, 2.75) is 19.5 Å². The van der Waals surface area contributed by atoms with E-state index in [-0.39, 0.29) is 6.17 Å². The highest BCUT2D eigenvalue weighted by molar-refractivity contribution is 7.79. The fourth-order valence-corrected chi connectivity index (χ4v) is 3.59. The first-order valence-corrected chi connectivity index (χ1v) is 9.33. The van der Waals surface area contributed by atoms with Crippen LogP contribution in [0.5, 0.6) is 0 Å². The van der Waals surface area contributed by atoms with Gasteiger partial charge in [-0.1, -0.05) is 23.8 Å². The second kappa shape index (κ2) is 8.14. The number of benzene rings is 1. The number of anilines is 1. The molecule has 1 aromatic rings. The van der Waals surface area contributed by atoms with Crippen LogP contribution in [0.25, 0.3) is 0 Å². The lowest BCUT2D eigenvalue weighted by Crippen LogP contribution is -2.47. The predicted octanol–water partition coefficient (Wildman–Crippen LogP) is 2.42. The van der Waals surface area contributed by atoms with Gasteiger partial charge in [0.1, 0.15) is 12.0 Å². The van der Waals surface area contributed by atoms with Crippen molar-refractivity contribution in [1.29, 1.82) is 0 Å². The summed E-state index contributed by atoms with van der Waals surface area (Å²) in [6, 6.07) is 8.11. The molecule has 5 nitrogen and oxygen atoms in total. The van der Waals surface area contributed by atoms with Crippen LogP contribution >= 0.6 is 23.8 Å². The highest BCUT2D eigenvalue weighted by Gasteiger charge is 2.25. The van der Waals surface area contributed by atoms with Crippen molar-refractivity contribution >= 4 is 40.7 Å². The number of hydrogen-bond donors (Lipinski definition) is 1.